The van der Waals surface area contributed by atoms with Gasteiger partial charge in [0.2, 0.25) is 0 Å². The fourth-order valence-corrected chi connectivity index (χ4v) is 4.44. The number of aryl methyl sites for hydroxylation is 2. The summed E-state index contributed by atoms with van der Waals surface area (Å²) in [5, 5.41) is 18.7. The minimum Gasteiger partial charge on any atom is -0.393 e. The zero-order valence-corrected chi connectivity index (χ0v) is 19.3. The van der Waals surface area contributed by atoms with E-state index in [0.717, 1.165) is 51.8 Å². The Morgan fingerprint density at radius 1 is 1.21 bits per heavy atom. The lowest BCUT2D eigenvalue weighted by Gasteiger charge is -2.17. The molecule has 2 atom stereocenters. The fraction of sp³-hybridized carbons (Fsp3) is 0.333. The van der Waals surface area contributed by atoms with Crippen molar-refractivity contribution < 1.29 is 5.11 Å². The van der Waals surface area contributed by atoms with Gasteiger partial charge in [-0.2, -0.15) is 5.10 Å². The van der Waals surface area contributed by atoms with Gasteiger partial charge in [-0.1, -0.05) is 18.5 Å². The first-order valence-electron chi connectivity index (χ1n) is 11.1. The van der Waals surface area contributed by atoms with Crippen LogP contribution in [0, 0.1) is 6.92 Å². The number of hydrogen-bond acceptors (Lipinski definition) is 7. The number of halogens is 1. The molecule has 1 saturated carbocycles. The predicted octanol–water partition coefficient (Wildman–Crippen LogP) is 4.31. The lowest BCUT2D eigenvalue weighted by atomic mass is 10.1. The summed E-state index contributed by atoms with van der Waals surface area (Å²) in [4.78, 5) is 14.1. The molecular formula is C24H26ClN7O. The third-order valence-corrected chi connectivity index (χ3v) is 6.60. The van der Waals surface area contributed by atoms with Crippen LogP contribution >= 0.6 is 11.6 Å². The van der Waals surface area contributed by atoms with Gasteiger partial charge >= 0.3 is 0 Å². The number of aliphatic hydroxyl groups is 1. The van der Waals surface area contributed by atoms with Gasteiger partial charge in [0.1, 0.15) is 16.9 Å². The molecular weight excluding hydrogens is 438 g/mol. The molecule has 0 radical (unpaired) electrons. The van der Waals surface area contributed by atoms with Gasteiger partial charge in [0, 0.05) is 34.6 Å². The Bertz CT molecular complexity index is 1340. The van der Waals surface area contributed by atoms with E-state index in [0.29, 0.717) is 29.7 Å². The van der Waals surface area contributed by atoms with Gasteiger partial charge in [0.15, 0.2) is 5.82 Å². The standard InChI is InChI=1S/C24H26ClN7O/c1-3-20-24(29-15-4-6-17(33)9-15)31-21-18(11-27-23(26)22(21)30-20)14-10-28-32(12-14)16-5-7-19(25)13(2)8-16/h5,7-8,10-12,15,17,33H,3-4,6,9H2,1-2H3,(H2,26,27)(H,29,31). The van der Waals surface area contributed by atoms with Gasteiger partial charge in [-0.25, -0.2) is 19.6 Å². The van der Waals surface area contributed by atoms with E-state index in [9.17, 15) is 5.11 Å². The van der Waals surface area contributed by atoms with Crippen molar-refractivity contribution in [3.8, 4) is 16.8 Å². The van der Waals surface area contributed by atoms with E-state index in [1.165, 1.54) is 0 Å². The second-order valence-corrected chi connectivity index (χ2v) is 8.95. The maximum Gasteiger partial charge on any atom is 0.151 e. The van der Waals surface area contributed by atoms with E-state index in [1.54, 1.807) is 17.1 Å². The highest BCUT2D eigenvalue weighted by Crippen LogP contribution is 2.32. The topological polar surface area (TPSA) is 115 Å². The Morgan fingerprint density at radius 3 is 2.79 bits per heavy atom. The molecule has 4 aromatic rings. The molecule has 0 amide bonds. The predicted molar refractivity (Wildman–Crippen MR) is 131 cm³/mol. The molecule has 5 rings (SSSR count). The number of nitrogens with zero attached hydrogens (tertiary/aromatic N) is 5. The molecule has 170 valence electrons. The molecule has 1 fully saturated rings. The van der Waals surface area contributed by atoms with Gasteiger partial charge < -0.3 is 16.2 Å². The van der Waals surface area contributed by atoms with Crippen LogP contribution in [0.25, 0.3) is 27.8 Å². The van der Waals surface area contributed by atoms with E-state index in [2.05, 4.69) is 15.4 Å². The summed E-state index contributed by atoms with van der Waals surface area (Å²) in [7, 11) is 0. The van der Waals surface area contributed by atoms with Gasteiger partial charge in [-0.05, 0) is 56.4 Å². The van der Waals surface area contributed by atoms with Crippen molar-refractivity contribution in [2.24, 2.45) is 0 Å². The monoisotopic (exact) mass is 463 g/mol. The largest absolute Gasteiger partial charge is 0.393 e. The minimum absolute atomic E-state index is 0.176. The van der Waals surface area contributed by atoms with Gasteiger partial charge in [-0.3, -0.25) is 0 Å². The Balaban J connectivity index is 1.58. The molecule has 3 heterocycles. The molecule has 3 aromatic heterocycles. The Labute approximate surface area is 196 Å². The number of nitrogen functional groups attached to an aromatic ring is 1. The molecule has 9 heteroatoms. The number of nitrogens with two attached hydrogens (primary N) is 1. The number of hydrogen-bond donors (Lipinski definition) is 3. The summed E-state index contributed by atoms with van der Waals surface area (Å²) in [5.74, 6) is 1.08. The van der Waals surface area contributed by atoms with Gasteiger partial charge in [0.05, 0.1) is 23.7 Å². The maximum absolute atomic E-state index is 9.92. The molecule has 1 aliphatic rings. The minimum atomic E-state index is -0.265. The average molecular weight is 464 g/mol. The van der Waals surface area contributed by atoms with Crippen LogP contribution in [0.15, 0.2) is 36.8 Å². The lowest BCUT2D eigenvalue weighted by molar-refractivity contribution is 0.182. The van der Waals surface area contributed by atoms with Crippen molar-refractivity contribution >= 4 is 34.3 Å². The highest BCUT2D eigenvalue weighted by Gasteiger charge is 2.24. The molecule has 0 spiro atoms. The van der Waals surface area contributed by atoms with E-state index < -0.39 is 0 Å². The Kier molecular flexibility index (Phi) is 5.64. The molecule has 0 saturated heterocycles. The quantitative estimate of drug-likeness (QED) is 0.404. The Hall–Kier alpha value is -3.23. The van der Waals surface area contributed by atoms with Crippen LogP contribution in [0.5, 0.6) is 0 Å². The third-order valence-electron chi connectivity index (χ3n) is 6.18. The second-order valence-electron chi connectivity index (χ2n) is 8.54. The van der Waals surface area contributed by atoms with Crippen molar-refractivity contribution in [2.45, 2.75) is 51.7 Å². The third kappa shape index (κ3) is 4.12. The normalized spacial score (nSPS) is 18.2. The number of aromatic nitrogens is 5. The molecule has 2 unspecified atom stereocenters. The van der Waals surface area contributed by atoms with Crippen LogP contribution in [0.3, 0.4) is 0 Å². The highest BCUT2D eigenvalue weighted by atomic mass is 35.5. The van der Waals surface area contributed by atoms with Crippen molar-refractivity contribution in [1.29, 1.82) is 0 Å². The molecule has 0 bridgehead atoms. The molecule has 1 aromatic carbocycles. The van der Waals surface area contributed by atoms with Crippen LogP contribution in [0.1, 0.15) is 37.4 Å². The Morgan fingerprint density at radius 2 is 2.06 bits per heavy atom. The summed E-state index contributed by atoms with van der Waals surface area (Å²) in [6.45, 7) is 4.00. The molecule has 1 aliphatic carbocycles. The highest BCUT2D eigenvalue weighted by molar-refractivity contribution is 6.31. The fourth-order valence-electron chi connectivity index (χ4n) is 4.32. The lowest BCUT2D eigenvalue weighted by Crippen LogP contribution is -2.19. The molecule has 33 heavy (non-hydrogen) atoms. The zero-order valence-electron chi connectivity index (χ0n) is 18.6. The van der Waals surface area contributed by atoms with E-state index in [-0.39, 0.29) is 12.1 Å². The van der Waals surface area contributed by atoms with E-state index in [1.807, 2.05) is 38.2 Å². The van der Waals surface area contributed by atoms with Crippen LogP contribution in [0.4, 0.5) is 11.6 Å². The summed E-state index contributed by atoms with van der Waals surface area (Å²) in [6, 6.07) is 5.96. The van der Waals surface area contributed by atoms with Crippen LogP contribution in [-0.2, 0) is 6.42 Å². The van der Waals surface area contributed by atoms with Gasteiger partial charge in [-0.15, -0.1) is 0 Å². The SMILES string of the molecule is CCc1nc2c(N)ncc(-c3cnn(-c4ccc(Cl)c(C)c4)c3)c2nc1NC1CCC(O)C1. The zero-order chi connectivity index (χ0) is 23.1. The second kappa shape index (κ2) is 8.61. The first-order chi connectivity index (χ1) is 15.9. The summed E-state index contributed by atoms with van der Waals surface area (Å²) in [6.07, 6.45) is 8.29. The maximum atomic E-state index is 9.92. The van der Waals surface area contributed by atoms with Crippen molar-refractivity contribution in [1.82, 2.24) is 24.7 Å². The molecule has 8 nitrogen and oxygen atoms in total. The van der Waals surface area contributed by atoms with Crippen LogP contribution < -0.4 is 11.1 Å². The van der Waals surface area contributed by atoms with Crippen LogP contribution in [0.2, 0.25) is 5.02 Å². The van der Waals surface area contributed by atoms with Crippen molar-refractivity contribution in [3.05, 3.63) is 53.1 Å². The first-order valence-corrected chi connectivity index (χ1v) is 11.5. The number of rotatable bonds is 5. The summed E-state index contributed by atoms with van der Waals surface area (Å²) >= 11 is 6.17. The summed E-state index contributed by atoms with van der Waals surface area (Å²) < 4.78 is 1.80. The number of pyridine rings is 1. The van der Waals surface area contributed by atoms with E-state index >= 15 is 0 Å². The summed E-state index contributed by atoms with van der Waals surface area (Å²) in [5.41, 5.74) is 11.8. The molecule has 4 N–H and O–H groups in total. The molecule has 0 aliphatic heterocycles. The average Bonchev–Trinajstić information content (AvgIpc) is 3.45. The van der Waals surface area contributed by atoms with Gasteiger partial charge in [0.25, 0.3) is 0 Å². The number of nitrogens with one attached hydrogen (secondary N) is 1. The smallest absolute Gasteiger partial charge is 0.151 e. The number of anilines is 2. The number of benzene rings is 1. The van der Waals surface area contributed by atoms with Crippen molar-refractivity contribution in [2.75, 3.05) is 11.1 Å². The van der Waals surface area contributed by atoms with E-state index in [4.69, 9.17) is 27.3 Å². The number of fused-ring (bicyclic) bond motifs is 1. The van der Waals surface area contributed by atoms with Crippen LogP contribution in [-0.4, -0.2) is 42.0 Å². The first kappa shape index (κ1) is 21.6. The number of aliphatic hydroxyl groups excluding tert-OH is 1. The van der Waals surface area contributed by atoms with Crippen molar-refractivity contribution in [3.63, 3.8) is 0 Å².